The Labute approximate surface area is 189 Å². The van der Waals surface area contributed by atoms with Crippen LogP contribution in [0.4, 0.5) is 11.4 Å². The van der Waals surface area contributed by atoms with Crippen LogP contribution in [0, 0.1) is 0 Å². The van der Waals surface area contributed by atoms with E-state index in [1.54, 1.807) is 48.4 Å². The summed E-state index contributed by atoms with van der Waals surface area (Å²) in [7, 11) is -0.797. The van der Waals surface area contributed by atoms with Crippen LogP contribution in [0.2, 0.25) is 0 Å². The van der Waals surface area contributed by atoms with Gasteiger partial charge in [-0.15, -0.1) is 0 Å². The van der Waals surface area contributed by atoms with Gasteiger partial charge in [0.15, 0.2) is 0 Å². The van der Waals surface area contributed by atoms with E-state index < -0.39 is 10.0 Å². The molecule has 1 atom stereocenters. The Hall–Kier alpha value is -3.32. The minimum atomic E-state index is -3.85. The van der Waals surface area contributed by atoms with Crippen LogP contribution in [0.15, 0.2) is 77.7 Å². The monoisotopic (exact) mass is 450 g/mol. The maximum absolute atomic E-state index is 13.4. The second-order valence-electron chi connectivity index (χ2n) is 7.90. The highest BCUT2D eigenvalue weighted by Crippen LogP contribution is 2.35. The number of rotatable bonds is 5. The number of benzene rings is 3. The second kappa shape index (κ2) is 8.67. The first-order valence-corrected chi connectivity index (χ1v) is 11.9. The molecule has 3 aromatic carbocycles. The lowest BCUT2D eigenvalue weighted by Crippen LogP contribution is -2.36. The third-order valence-corrected chi connectivity index (χ3v) is 7.75. The molecule has 3 aromatic rings. The van der Waals surface area contributed by atoms with E-state index in [0.29, 0.717) is 29.5 Å². The Bertz CT molecular complexity index is 1240. The average molecular weight is 451 g/mol. The van der Waals surface area contributed by atoms with Gasteiger partial charge in [-0.3, -0.25) is 9.10 Å². The van der Waals surface area contributed by atoms with Crippen molar-refractivity contribution >= 4 is 27.3 Å². The Morgan fingerprint density at radius 1 is 1.03 bits per heavy atom. The van der Waals surface area contributed by atoms with Crippen molar-refractivity contribution in [3.8, 4) is 5.75 Å². The Kier molecular flexibility index (Phi) is 5.93. The van der Waals surface area contributed by atoms with E-state index >= 15 is 0 Å². The molecule has 0 N–H and O–H groups in total. The molecule has 166 valence electrons. The molecule has 32 heavy (non-hydrogen) atoms. The van der Waals surface area contributed by atoms with Crippen molar-refractivity contribution in [1.29, 1.82) is 0 Å². The number of sulfonamides is 1. The predicted octanol–water partition coefficient (Wildman–Crippen LogP) is 4.67. The van der Waals surface area contributed by atoms with Gasteiger partial charge in [0.2, 0.25) is 0 Å². The molecule has 7 heteroatoms. The van der Waals surface area contributed by atoms with Gasteiger partial charge < -0.3 is 9.64 Å². The summed E-state index contributed by atoms with van der Waals surface area (Å²) in [4.78, 5) is 15.2. The SMILES string of the molecule is COc1ccc(N(C)S(=O)(=O)c2cccc(C(=O)N3CCC(C)c4ccccc43)c2)cc1. The lowest BCUT2D eigenvalue weighted by atomic mass is 9.91. The molecule has 0 aromatic heterocycles. The molecule has 0 aliphatic carbocycles. The number of hydrogen-bond acceptors (Lipinski definition) is 4. The van der Waals surface area contributed by atoms with E-state index in [4.69, 9.17) is 4.74 Å². The number of amides is 1. The molecule has 0 saturated heterocycles. The molecule has 0 spiro atoms. The lowest BCUT2D eigenvalue weighted by molar-refractivity contribution is 0.0984. The number of carbonyl (C=O) groups is 1. The van der Waals surface area contributed by atoms with Gasteiger partial charge >= 0.3 is 0 Å². The van der Waals surface area contributed by atoms with E-state index in [1.165, 1.54) is 23.5 Å². The molecule has 6 nitrogen and oxygen atoms in total. The fourth-order valence-corrected chi connectivity index (χ4v) is 5.24. The third-order valence-electron chi connectivity index (χ3n) is 5.96. The number of hydrogen-bond donors (Lipinski definition) is 0. The Morgan fingerprint density at radius 2 is 1.75 bits per heavy atom. The van der Waals surface area contributed by atoms with Crippen molar-refractivity contribution in [1.82, 2.24) is 0 Å². The van der Waals surface area contributed by atoms with Gasteiger partial charge in [-0.25, -0.2) is 8.42 Å². The molecule has 0 bridgehead atoms. The van der Waals surface area contributed by atoms with Gasteiger partial charge in [-0.2, -0.15) is 0 Å². The first-order chi connectivity index (χ1) is 15.3. The summed E-state index contributed by atoms with van der Waals surface area (Å²) in [6, 6.07) is 20.9. The molecule has 1 aliphatic heterocycles. The van der Waals surface area contributed by atoms with Gasteiger partial charge in [0, 0.05) is 24.8 Å². The van der Waals surface area contributed by atoms with Crippen molar-refractivity contribution in [3.05, 3.63) is 83.9 Å². The molecule has 4 rings (SSSR count). The molecule has 1 amide bonds. The molecule has 1 unspecified atom stereocenters. The van der Waals surface area contributed by atoms with E-state index in [9.17, 15) is 13.2 Å². The van der Waals surface area contributed by atoms with Crippen LogP contribution in [0.5, 0.6) is 5.75 Å². The van der Waals surface area contributed by atoms with Crippen LogP contribution in [0.3, 0.4) is 0 Å². The van der Waals surface area contributed by atoms with Gasteiger partial charge in [-0.05, 0) is 66.4 Å². The Morgan fingerprint density at radius 3 is 2.47 bits per heavy atom. The molecule has 0 radical (unpaired) electrons. The van der Waals surface area contributed by atoms with Gasteiger partial charge in [-0.1, -0.05) is 31.2 Å². The van der Waals surface area contributed by atoms with Crippen molar-refractivity contribution in [2.45, 2.75) is 24.2 Å². The third kappa shape index (κ3) is 3.96. The number of ether oxygens (including phenoxy) is 1. The van der Waals surface area contributed by atoms with E-state index in [0.717, 1.165) is 17.7 Å². The van der Waals surface area contributed by atoms with Crippen molar-refractivity contribution < 1.29 is 17.9 Å². The summed E-state index contributed by atoms with van der Waals surface area (Å²) in [5.41, 5.74) is 2.87. The number of nitrogens with zero attached hydrogens (tertiary/aromatic N) is 2. The van der Waals surface area contributed by atoms with E-state index in [-0.39, 0.29) is 10.8 Å². The lowest BCUT2D eigenvalue weighted by Gasteiger charge is -2.33. The highest BCUT2D eigenvalue weighted by atomic mass is 32.2. The average Bonchev–Trinajstić information content (AvgIpc) is 2.83. The van der Waals surface area contributed by atoms with Crippen LogP contribution in [-0.4, -0.2) is 35.0 Å². The van der Waals surface area contributed by atoms with Crippen molar-refractivity contribution in [2.24, 2.45) is 0 Å². The molecular formula is C25H26N2O4S. The van der Waals surface area contributed by atoms with Crippen LogP contribution in [0.25, 0.3) is 0 Å². The van der Waals surface area contributed by atoms with E-state index in [2.05, 4.69) is 6.92 Å². The number of methoxy groups -OCH3 is 1. The zero-order valence-corrected chi connectivity index (χ0v) is 19.2. The highest BCUT2D eigenvalue weighted by Gasteiger charge is 2.28. The molecular weight excluding hydrogens is 424 g/mol. The smallest absolute Gasteiger partial charge is 0.264 e. The Balaban J connectivity index is 1.64. The van der Waals surface area contributed by atoms with Crippen molar-refractivity contribution in [2.75, 3.05) is 29.9 Å². The minimum Gasteiger partial charge on any atom is -0.497 e. The van der Waals surface area contributed by atoms with Crippen LogP contribution < -0.4 is 13.9 Å². The maximum Gasteiger partial charge on any atom is 0.264 e. The molecule has 0 fully saturated rings. The molecule has 0 saturated carbocycles. The normalized spacial score (nSPS) is 15.7. The maximum atomic E-state index is 13.4. The zero-order valence-electron chi connectivity index (χ0n) is 18.4. The standard InChI is InChI=1S/C25H26N2O4S/c1-18-15-16-27(24-10-5-4-9-23(18)24)25(28)19-7-6-8-22(17-19)32(29,30)26(2)20-11-13-21(31-3)14-12-20/h4-14,17-18H,15-16H2,1-3H3. The summed E-state index contributed by atoms with van der Waals surface area (Å²) in [6.45, 7) is 2.75. The number of anilines is 2. The first-order valence-electron chi connectivity index (χ1n) is 10.5. The fourth-order valence-electron chi connectivity index (χ4n) is 3.99. The van der Waals surface area contributed by atoms with Crippen LogP contribution >= 0.6 is 0 Å². The minimum absolute atomic E-state index is 0.0698. The quantitative estimate of drug-likeness (QED) is 0.566. The fraction of sp³-hybridized carbons (Fsp3) is 0.240. The number of fused-ring (bicyclic) bond motifs is 1. The van der Waals surface area contributed by atoms with Gasteiger partial charge in [0.05, 0.1) is 17.7 Å². The molecule has 1 aliphatic rings. The summed E-state index contributed by atoms with van der Waals surface area (Å²) in [5, 5.41) is 0. The first kappa shape index (κ1) is 21.9. The molecule has 1 heterocycles. The highest BCUT2D eigenvalue weighted by molar-refractivity contribution is 7.92. The number of para-hydroxylation sites is 1. The second-order valence-corrected chi connectivity index (χ2v) is 9.87. The zero-order chi connectivity index (χ0) is 22.9. The van der Waals surface area contributed by atoms with E-state index in [1.807, 2.05) is 24.3 Å². The summed E-state index contributed by atoms with van der Waals surface area (Å²) in [6.07, 6.45) is 0.862. The summed E-state index contributed by atoms with van der Waals surface area (Å²) >= 11 is 0. The predicted molar refractivity (Wildman–Crippen MR) is 126 cm³/mol. The number of carbonyl (C=O) groups excluding carboxylic acids is 1. The van der Waals surface area contributed by atoms with Crippen LogP contribution in [0.1, 0.15) is 35.2 Å². The summed E-state index contributed by atoms with van der Waals surface area (Å²) in [5.74, 6) is 0.817. The van der Waals surface area contributed by atoms with Crippen LogP contribution in [-0.2, 0) is 10.0 Å². The topological polar surface area (TPSA) is 66.9 Å². The van der Waals surface area contributed by atoms with Gasteiger partial charge in [0.1, 0.15) is 5.75 Å². The largest absolute Gasteiger partial charge is 0.497 e. The summed E-state index contributed by atoms with van der Waals surface area (Å²) < 4.78 is 32.8. The van der Waals surface area contributed by atoms with Gasteiger partial charge in [0.25, 0.3) is 15.9 Å². The van der Waals surface area contributed by atoms with Crippen molar-refractivity contribution in [3.63, 3.8) is 0 Å².